The lowest BCUT2D eigenvalue weighted by Gasteiger charge is -2.62. The lowest BCUT2D eigenvalue weighted by Crippen LogP contribution is -2.74. The number of amides is 8. The normalized spacial score (nSPS) is 19.4. The number of unbranched alkanes of at least 4 members (excludes halogenated alkanes) is 2. The molecule has 98 heavy (non-hydrogen) atoms. The van der Waals surface area contributed by atoms with Crippen molar-refractivity contribution in [3.8, 4) is 0 Å². The molecule has 2 aromatic carbocycles. The van der Waals surface area contributed by atoms with E-state index in [1.165, 1.54) is 17.1 Å². The van der Waals surface area contributed by atoms with Crippen LogP contribution in [0.25, 0.3) is 5.57 Å². The minimum atomic E-state index is -2.24. The Morgan fingerprint density at radius 2 is 1.61 bits per heavy atom. The summed E-state index contributed by atoms with van der Waals surface area (Å²) in [5.74, 6) is -6.63. The van der Waals surface area contributed by atoms with Crippen molar-refractivity contribution in [1.82, 2.24) is 41.0 Å². The maximum Gasteiger partial charge on any atom is 0.410 e. The number of nitrogens with zero attached hydrogens (tertiary/aromatic N) is 5. The molecule has 8 amide bonds. The number of nitrogens with two attached hydrogens (primary N) is 2. The predicted octanol–water partition coefficient (Wildman–Crippen LogP) is 4.41. The number of aromatic nitrogens is 1. The molecule has 7 rings (SSSR count). The smallest absolute Gasteiger partial charge is 0.410 e. The van der Waals surface area contributed by atoms with Crippen LogP contribution in [0.4, 0.5) is 16.3 Å². The number of ether oxygens (including phenoxy) is 2. The molecule has 0 saturated carbocycles. The van der Waals surface area contributed by atoms with Gasteiger partial charge in [0.25, 0.3) is 11.8 Å². The molecule has 7 atom stereocenters. The number of hydrogen-bond donors (Lipinski definition) is 11. The van der Waals surface area contributed by atoms with Gasteiger partial charge < -0.3 is 77.5 Å². The Labute approximate surface area is 572 Å². The molecular formula is C68H93N13O16S. The first-order valence-corrected chi connectivity index (χ1v) is 34.5. The minimum Gasteiger partial charge on any atom is -0.481 e. The van der Waals surface area contributed by atoms with Gasteiger partial charge in [0.1, 0.15) is 36.3 Å². The van der Waals surface area contributed by atoms with Crippen LogP contribution >= 0.6 is 0 Å². The standard InChI is InChI=1S/C68H93N13O16S/c1-6-27-68(40-67(35-43(4)37-81(67)68)41-72-44(5)50(36-70)48-20-22-54(76-60(48)65(91)92)79-30-26-46-12-10-13-49(61(71)87)51(46)38-79)97-33-31-78(32-34-98(94)95)66(93)96-39-45-16-18-47(19-17-45)73-62(88)52(14-11-28-69)75-64(90)59(42(2)3)77-63(89)53(21-25-58(85)86)74-55(82)15-8-7-9-29-80-56(83)23-24-57(80)84/h10,12-13,16-20,22-24,36,42-43,52-53,59,70,72H,6-9,11,14-15,21,25-35,37-41,69H2,1-5H3,(H2,71,87)(H,73,88)(H,74,82)(H,75,90)(H,77,89)(H,85,86)(H,91,92)(H,94,95)/b50-44+,70-36?/t43?,52?,53-,59-,67?,68?/m0/s1. The average molecular weight is 1380 g/mol. The maximum atomic E-state index is 13.9. The number of aliphatic carboxylic acids is 1. The van der Waals surface area contributed by atoms with Crippen LogP contribution in [-0.4, -0.2) is 192 Å². The number of nitrogens with one attached hydrogen (secondary N) is 6. The number of aromatic carboxylic acids is 1. The zero-order valence-electron chi connectivity index (χ0n) is 56.2. The molecule has 3 aromatic rings. The van der Waals surface area contributed by atoms with Gasteiger partial charge in [0.15, 0.2) is 16.8 Å². The summed E-state index contributed by atoms with van der Waals surface area (Å²) in [4.78, 5) is 140. The number of benzene rings is 2. The Morgan fingerprint density at radius 1 is 0.888 bits per heavy atom. The van der Waals surface area contributed by atoms with E-state index in [0.29, 0.717) is 105 Å². The van der Waals surface area contributed by atoms with Crippen molar-refractivity contribution in [3.63, 3.8) is 0 Å². The number of anilines is 2. The van der Waals surface area contributed by atoms with Gasteiger partial charge in [-0.25, -0.2) is 18.8 Å². The number of carbonyl (C=O) groups excluding carboxylic acids is 8. The van der Waals surface area contributed by atoms with Gasteiger partial charge in [-0.3, -0.25) is 48.2 Å². The number of rotatable bonds is 39. The number of carboxylic acids is 2. The monoisotopic (exact) mass is 1380 g/mol. The summed E-state index contributed by atoms with van der Waals surface area (Å²) in [6.45, 7) is 11.5. The Bertz CT molecular complexity index is 3510. The molecule has 532 valence electrons. The van der Waals surface area contributed by atoms with Crippen LogP contribution in [-0.2, 0) is 73.7 Å². The molecule has 5 heterocycles. The van der Waals surface area contributed by atoms with E-state index in [4.69, 9.17) is 26.4 Å². The molecule has 5 unspecified atom stereocenters. The molecule has 30 heteroatoms. The number of imide groups is 1. The van der Waals surface area contributed by atoms with Crippen LogP contribution in [0.15, 0.2) is 72.4 Å². The van der Waals surface area contributed by atoms with E-state index in [1.807, 2.05) is 11.0 Å². The van der Waals surface area contributed by atoms with Crippen molar-refractivity contribution in [2.24, 2.45) is 23.3 Å². The lowest BCUT2D eigenvalue weighted by molar-refractivity contribution is -0.273. The van der Waals surface area contributed by atoms with Gasteiger partial charge in [0.2, 0.25) is 29.5 Å². The third kappa shape index (κ3) is 20.1. The number of fused-ring (bicyclic) bond motifs is 2. The number of carbonyl (C=O) groups is 10. The van der Waals surface area contributed by atoms with E-state index in [-0.39, 0.29) is 87.1 Å². The first kappa shape index (κ1) is 76.4. The van der Waals surface area contributed by atoms with Gasteiger partial charge in [-0.1, -0.05) is 64.8 Å². The van der Waals surface area contributed by atoms with Gasteiger partial charge >= 0.3 is 18.0 Å². The number of pyridine rings is 1. The van der Waals surface area contributed by atoms with E-state index in [2.05, 4.69) is 50.3 Å². The van der Waals surface area contributed by atoms with Crippen molar-refractivity contribution < 1.29 is 76.4 Å². The summed E-state index contributed by atoms with van der Waals surface area (Å²) < 4.78 is 34.2. The van der Waals surface area contributed by atoms with Crippen LogP contribution in [0.1, 0.15) is 155 Å². The van der Waals surface area contributed by atoms with Crippen molar-refractivity contribution in [3.05, 3.63) is 106 Å². The second kappa shape index (κ2) is 35.5. The Balaban J connectivity index is 0.919. The highest BCUT2D eigenvalue weighted by atomic mass is 32.2. The van der Waals surface area contributed by atoms with Crippen LogP contribution in [0.2, 0.25) is 0 Å². The molecular weight excluding hydrogens is 1290 g/mol. The Kier molecular flexibility index (Phi) is 27.7. The summed E-state index contributed by atoms with van der Waals surface area (Å²) in [5.41, 5.74) is 14.4. The van der Waals surface area contributed by atoms with Crippen molar-refractivity contribution >= 4 is 93.8 Å². The zero-order valence-corrected chi connectivity index (χ0v) is 57.0. The van der Waals surface area contributed by atoms with Crippen molar-refractivity contribution in [2.45, 2.75) is 161 Å². The van der Waals surface area contributed by atoms with Crippen molar-refractivity contribution in [1.29, 1.82) is 5.41 Å². The topological polar surface area (TPSA) is 429 Å². The molecule has 2 saturated heterocycles. The third-order valence-electron chi connectivity index (χ3n) is 18.2. The highest BCUT2D eigenvalue weighted by Crippen LogP contribution is 2.55. The van der Waals surface area contributed by atoms with E-state index >= 15 is 0 Å². The highest BCUT2D eigenvalue weighted by Gasteiger charge is 2.65. The average Bonchev–Trinajstić information content (AvgIpc) is 1.45. The number of allylic oxidation sites excluding steroid dienone is 2. The maximum absolute atomic E-state index is 13.9. The van der Waals surface area contributed by atoms with Gasteiger partial charge in [-0.05, 0) is 124 Å². The largest absolute Gasteiger partial charge is 0.481 e. The second-order valence-electron chi connectivity index (χ2n) is 25.8. The minimum absolute atomic E-state index is 0.0267. The zero-order chi connectivity index (χ0) is 71.4. The van der Waals surface area contributed by atoms with Crippen LogP contribution in [0.5, 0.6) is 0 Å². The Hall–Kier alpha value is -8.97. The second-order valence-corrected chi connectivity index (χ2v) is 26.8. The molecule has 1 aromatic heterocycles. The quantitative estimate of drug-likeness (QED) is 0.0163. The van der Waals surface area contributed by atoms with Gasteiger partial charge in [-0.15, -0.1) is 0 Å². The molecule has 0 bridgehead atoms. The molecule has 0 spiro atoms. The fourth-order valence-electron chi connectivity index (χ4n) is 13.3. The lowest BCUT2D eigenvalue weighted by atomic mass is 9.73. The third-order valence-corrected chi connectivity index (χ3v) is 18.7. The van der Waals surface area contributed by atoms with E-state index in [0.717, 1.165) is 35.1 Å². The van der Waals surface area contributed by atoms with Crippen molar-refractivity contribution in [2.75, 3.05) is 68.4 Å². The summed E-state index contributed by atoms with van der Waals surface area (Å²) in [5, 5.41) is 42.6. The molecule has 29 nitrogen and oxygen atoms in total. The van der Waals surface area contributed by atoms with E-state index in [1.54, 1.807) is 69.3 Å². The molecule has 0 aliphatic carbocycles. The summed E-state index contributed by atoms with van der Waals surface area (Å²) in [6.07, 6.45) is 7.15. The number of hydrogen-bond acceptors (Lipinski definition) is 19. The SMILES string of the molecule is CCCC1(OCCN(CCS(=O)O)C(=O)OCc2ccc(NC(=O)C(CCCN)NC(=O)[C@@H](NC(=O)[C@H](CCC(=O)O)NC(=O)CCCCCN3C(=O)C=CC3=O)C(C)C)cc2)CC2(CN/C(C)=C(\C=N)c3ccc(N4CCc5cccc(C(N)=O)c5C4)nc3C(=O)O)CC(C)CN21. The summed E-state index contributed by atoms with van der Waals surface area (Å²) >= 11 is -2.24. The van der Waals surface area contributed by atoms with Gasteiger partial charge in [0.05, 0.1) is 12.4 Å². The fraction of sp³-hybridized carbons (Fsp3) is 0.529. The number of primary amides is 1. The molecule has 4 aliphatic heterocycles. The molecule has 13 N–H and O–H groups in total. The number of carboxylic acid groups (broad SMARTS) is 2. The molecule has 2 fully saturated rings. The summed E-state index contributed by atoms with van der Waals surface area (Å²) in [6, 6.07) is 11.5. The molecule has 4 aliphatic rings. The predicted molar refractivity (Wildman–Crippen MR) is 364 cm³/mol. The van der Waals surface area contributed by atoms with E-state index in [9.17, 15) is 66.9 Å². The molecule has 0 radical (unpaired) electrons. The van der Waals surface area contributed by atoms with Crippen LogP contribution in [0, 0.1) is 17.2 Å². The van der Waals surface area contributed by atoms with Gasteiger partial charge in [-0.2, -0.15) is 0 Å². The summed E-state index contributed by atoms with van der Waals surface area (Å²) in [7, 11) is 0. The highest BCUT2D eigenvalue weighted by molar-refractivity contribution is 7.79. The van der Waals surface area contributed by atoms with Gasteiger partial charge in [0, 0.05) is 117 Å². The fourth-order valence-corrected chi connectivity index (χ4v) is 13.6. The first-order chi connectivity index (χ1) is 46.7. The van der Waals surface area contributed by atoms with Crippen LogP contribution in [0.3, 0.4) is 0 Å². The van der Waals surface area contributed by atoms with E-state index < -0.39 is 107 Å². The van der Waals surface area contributed by atoms with Crippen LogP contribution < -0.4 is 43.0 Å². The Morgan fingerprint density at radius 3 is 2.27 bits per heavy atom. The first-order valence-electron chi connectivity index (χ1n) is 33.2.